The molecule has 1 aromatic heterocycles. The van der Waals surface area contributed by atoms with Crippen molar-refractivity contribution in [3.8, 4) is 16.9 Å². The lowest BCUT2D eigenvalue weighted by Gasteiger charge is -2.13. The van der Waals surface area contributed by atoms with Crippen molar-refractivity contribution in [2.24, 2.45) is 0 Å². The van der Waals surface area contributed by atoms with E-state index in [2.05, 4.69) is 12.0 Å². The van der Waals surface area contributed by atoms with Crippen LogP contribution in [0.5, 0.6) is 0 Å². The molecule has 0 fully saturated rings. The first-order valence-electron chi connectivity index (χ1n) is 7.95. The van der Waals surface area contributed by atoms with Crippen LogP contribution in [0.3, 0.4) is 0 Å². The van der Waals surface area contributed by atoms with Gasteiger partial charge < -0.3 is 0 Å². The predicted octanol–water partition coefficient (Wildman–Crippen LogP) is 5.03. The van der Waals surface area contributed by atoms with Crippen LogP contribution in [-0.2, 0) is 0 Å². The summed E-state index contributed by atoms with van der Waals surface area (Å²) in [6.07, 6.45) is 0. The molecule has 0 amide bonds. The van der Waals surface area contributed by atoms with Crippen molar-refractivity contribution in [1.82, 2.24) is 9.78 Å². The van der Waals surface area contributed by atoms with E-state index >= 15 is 0 Å². The van der Waals surface area contributed by atoms with E-state index in [4.69, 9.17) is 11.6 Å². The Morgan fingerprint density at radius 1 is 0.962 bits per heavy atom. The number of halogens is 2. The Balaban J connectivity index is 2.12. The molecule has 0 aliphatic heterocycles. The summed E-state index contributed by atoms with van der Waals surface area (Å²) in [4.78, 5) is 12.9. The Morgan fingerprint density at radius 2 is 1.65 bits per heavy atom. The van der Waals surface area contributed by atoms with Gasteiger partial charge in [0.2, 0.25) is 0 Å². The van der Waals surface area contributed by atoms with Crippen molar-refractivity contribution in [3.63, 3.8) is 0 Å². The number of aromatic nitrogens is 2. The number of hydrogen-bond acceptors (Lipinski definition) is 2. The van der Waals surface area contributed by atoms with Crippen molar-refractivity contribution in [2.75, 3.05) is 0 Å². The van der Waals surface area contributed by atoms with Crippen LogP contribution in [0.4, 0.5) is 4.39 Å². The third-order valence-corrected chi connectivity index (χ3v) is 4.45. The first-order chi connectivity index (χ1) is 12.6. The van der Waals surface area contributed by atoms with Gasteiger partial charge in [0.05, 0.1) is 11.1 Å². The zero-order valence-corrected chi connectivity index (χ0v) is 14.4. The highest BCUT2D eigenvalue weighted by Gasteiger charge is 2.16. The molecule has 4 rings (SSSR count). The molecule has 3 aromatic carbocycles. The van der Waals surface area contributed by atoms with E-state index < -0.39 is 11.4 Å². The summed E-state index contributed by atoms with van der Waals surface area (Å²) in [6.45, 7) is 4.04. The average molecular weight is 364 g/mol. The average Bonchev–Trinajstić information content (AvgIpc) is 2.64. The van der Waals surface area contributed by atoms with Gasteiger partial charge in [-0.1, -0.05) is 54.1 Å². The minimum Gasteiger partial charge on any atom is -0.267 e. The van der Waals surface area contributed by atoms with Gasteiger partial charge in [-0.15, -0.1) is 0 Å². The number of hydrogen-bond donors (Lipinski definition) is 0. The lowest BCUT2D eigenvalue weighted by molar-refractivity contribution is 0.607. The SMILES string of the molecule is [CH2]c1ccccc1-c1nn(-c2ccc(Cl)cc2F)c(=O)c2ccccc12. The highest BCUT2D eigenvalue weighted by atomic mass is 35.5. The maximum Gasteiger partial charge on any atom is 0.279 e. The predicted molar refractivity (Wildman–Crippen MR) is 102 cm³/mol. The second-order valence-electron chi connectivity index (χ2n) is 5.86. The van der Waals surface area contributed by atoms with E-state index in [0.717, 1.165) is 21.9 Å². The molecule has 5 heteroatoms. The lowest BCUT2D eigenvalue weighted by atomic mass is 10.0. The smallest absolute Gasteiger partial charge is 0.267 e. The van der Waals surface area contributed by atoms with E-state index in [1.807, 2.05) is 36.4 Å². The molecular formula is C21H13ClFN2O. The van der Waals surface area contributed by atoms with E-state index in [-0.39, 0.29) is 10.7 Å². The van der Waals surface area contributed by atoms with E-state index in [0.29, 0.717) is 16.5 Å². The summed E-state index contributed by atoms with van der Waals surface area (Å²) < 4.78 is 15.5. The lowest BCUT2D eigenvalue weighted by Crippen LogP contribution is -2.23. The van der Waals surface area contributed by atoms with Gasteiger partial charge in [0.1, 0.15) is 11.5 Å². The van der Waals surface area contributed by atoms with Crippen molar-refractivity contribution in [3.05, 3.63) is 100 Å². The van der Waals surface area contributed by atoms with Gasteiger partial charge in [-0.05, 0) is 36.8 Å². The Hall–Kier alpha value is -2.98. The van der Waals surface area contributed by atoms with Crippen LogP contribution >= 0.6 is 11.6 Å². The summed E-state index contributed by atoms with van der Waals surface area (Å²) in [6, 6.07) is 18.8. The minimum atomic E-state index is -0.615. The molecule has 0 saturated carbocycles. The molecule has 0 N–H and O–H groups in total. The Kier molecular flexibility index (Phi) is 4.05. The molecule has 0 aliphatic rings. The van der Waals surface area contributed by atoms with Gasteiger partial charge >= 0.3 is 0 Å². The van der Waals surface area contributed by atoms with E-state index in [9.17, 15) is 9.18 Å². The van der Waals surface area contributed by atoms with Gasteiger partial charge in [0, 0.05) is 16.0 Å². The number of rotatable bonds is 2. The fraction of sp³-hybridized carbons (Fsp3) is 0. The maximum atomic E-state index is 14.4. The summed E-state index contributed by atoms with van der Waals surface area (Å²) in [7, 11) is 0. The minimum absolute atomic E-state index is 0.0490. The molecule has 0 bridgehead atoms. The molecule has 1 radical (unpaired) electrons. The Morgan fingerprint density at radius 3 is 2.38 bits per heavy atom. The van der Waals surface area contributed by atoms with Crippen LogP contribution in [0.1, 0.15) is 5.56 Å². The highest BCUT2D eigenvalue weighted by molar-refractivity contribution is 6.30. The molecule has 1 heterocycles. The van der Waals surface area contributed by atoms with Gasteiger partial charge in [0.25, 0.3) is 5.56 Å². The monoisotopic (exact) mass is 363 g/mol. The molecule has 0 atom stereocenters. The Labute approximate surface area is 154 Å². The largest absolute Gasteiger partial charge is 0.279 e. The summed E-state index contributed by atoms with van der Waals surface area (Å²) in [5, 5.41) is 5.87. The third kappa shape index (κ3) is 2.68. The number of benzene rings is 3. The highest BCUT2D eigenvalue weighted by Crippen LogP contribution is 2.28. The topological polar surface area (TPSA) is 34.9 Å². The fourth-order valence-electron chi connectivity index (χ4n) is 2.96. The van der Waals surface area contributed by atoms with Crippen LogP contribution in [0.15, 0.2) is 71.5 Å². The quantitative estimate of drug-likeness (QED) is 0.500. The summed E-state index contributed by atoms with van der Waals surface area (Å²) >= 11 is 5.83. The van der Waals surface area contributed by atoms with Crippen LogP contribution in [0.25, 0.3) is 27.7 Å². The zero-order valence-electron chi connectivity index (χ0n) is 13.6. The molecule has 0 aliphatic carbocycles. The molecule has 0 saturated heterocycles. The molecule has 26 heavy (non-hydrogen) atoms. The summed E-state index contributed by atoms with van der Waals surface area (Å²) in [5.41, 5.74) is 1.78. The van der Waals surface area contributed by atoms with Gasteiger partial charge in [-0.3, -0.25) is 4.79 Å². The van der Waals surface area contributed by atoms with Gasteiger partial charge in [-0.2, -0.15) is 9.78 Å². The molecule has 0 spiro atoms. The normalized spacial score (nSPS) is 11.0. The van der Waals surface area contributed by atoms with Crippen molar-refractivity contribution < 1.29 is 4.39 Å². The van der Waals surface area contributed by atoms with E-state index in [1.165, 1.54) is 12.1 Å². The van der Waals surface area contributed by atoms with Crippen LogP contribution in [0, 0.1) is 12.7 Å². The van der Waals surface area contributed by atoms with Crippen molar-refractivity contribution in [1.29, 1.82) is 0 Å². The number of fused-ring (bicyclic) bond motifs is 1. The van der Waals surface area contributed by atoms with Crippen molar-refractivity contribution >= 4 is 22.4 Å². The third-order valence-electron chi connectivity index (χ3n) is 4.22. The van der Waals surface area contributed by atoms with Crippen molar-refractivity contribution in [2.45, 2.75) is 0 Å². The maximum absolute atomic E-state index is 14.4. The van der Waals surface area contributed by atoms with E-state index in [1.54, 1.807) is 12.1 Å². The summed E-state index contributed by atoms with van der Waals surface area (Å²) in [5.74, 6) is -0.615. The fourth-order valence-corrected chi connectivity index (χ4v) is 3.11. The molecular weight excluding hydrogens is 351 g/mol. The number of nitrogens with zero attached hydrogens (tertiary/aromatic N) is 2. The molecule has 0 unspecified atom stereocenters. The van der Waals surface area contributed by atoms with Crippen LogP contribution < -0.4 is 5.56 Å². The zero-order chi connectivity index (χ0) is 18.3. The molecule has 127 valence electrons. The second-order valence-corrected chi connectivity index (χ2v) is 6.30. The van der Waals surface area contributed by atoms with Gasteiger partial charge in [-0.25, -0.2) is 4.39 Å². The second kappa shape index (κ2) is 6.39. The van der Waals surface area contributed by atoms with Crippen LogP contribution in [-0.4, -0.2) is 9.78 Å². The Bertz CT molecular complexity index is 1200. The standard InChI is InChI=1S/C21H13ClFN2O/c1-13-6-2-3-7-15(13)20-16-8-4-5-9-17(16)21(26)25(24-20)19-11-10-14(22)12-18(19)23/h2-12H,1H2. The first kappa shape index (κ1) is 16.5. The molecule has 4 aromatic rings. The van der Waals surface area contributed by atoms with Crippen LogP contribution in [0.2, 0.25) is 5.02 Å². The van der Waals surface area contributed by atoms with Gasteiger partial charge in [0.15, 0.2) is 0 Å². The first-order valence-corrected chi connectivity index (χ1v) is 8.33. The molecule has 3 nitrogen and oxygen atoms in total.